The van der Waals surface area contributed by atoms with Crippen LogP contribution in [-0.4, -0.2) is 15.5 Å². The Morgan fingerprint density at radius 2 is 1.74 bits per heavy atom. The minimum atomic E-state index is -3.73. The highest BCUT2D eigenvalue weighted by Gasteiger charge is 2.21. The number of methoxy groups -OCH3 is 1. The van der Waals surface area contributed by atoms with E-state index < -0.39 is 10.0 Å². The molecule has 0 unspecified atom stereocenters. The van der Waals surface area contributed by atoms with E-state index in [-0.39, 0.29) is 10.8 Å². The Morgan fingerprint density at radius 3 is 2.35 bits per heavy atom. The van der Waals surface area contributed by atoms with Gasteiger partial charge < -0.3 is 4.74 Å². The van der Waals surface area contributed by atoms with Crippen LogP contribution in [0, 0.1) is 13.8 Å². The number of hydrogen-bond acceptors (Lipinski definition) is 3. The van der Waals surface area contributed by atoms with Gasteiger partial charge in [0, 0.05) is 0 Å². The molecule has 124 valence electrons. The number of anilines is 1. The van der Waals surface area contributed by atoms with Crippen molar-refractivity contribution in [2.45, 2.75) is 38.5 Å². The van der Waals surface area contributed by atoms with E-state index in [1.54, 1.807) is 12.1 Å². The molecule has 2 aromatic carbocycles. The van der Waals surface area contributed by atoms with Gasteiger partial charge in [-0.15, -0.1) is 0 Å². The summed E-state index contributed by atoms with van der Waals surface area (Å²) in [5.41, 5.74) is 3.41. The van der Waals surface area contributed by atoms with Crippen molar-refractivity contribution in [3.8, 4) is 5.75 Å². The van der Waals surface area contributed by atoms with Crippen LogP contribution in [0.25, 0.3) is 0 Å². The molecule has 0 saturated carbocycles. The summed E-state index contributed by atoms with van der Waals surface area (Å²) in [6.07, 6.45) is 0. The molecule has 0 aliphatic carbocycles. The molecule has 0 aromatic heterocycles. The fourth-order valence-corrected chi connectivity index (χ4v) is 3.63. The van der Waals surface area contributed by atoms with Gasteiger partial charge in [-0.05, 0) is 54.7 Å². The average Bonchev–Trinajstić information content (AvgIpc) is 2.50. The third kappa shape index (κ3) is 3.85. The highest BCUT2D eigenvalue weighted by atomic mass is 32.2. The van der Waals surface area contributed by atoms with Gasteiger partial charge >= 0.3 is 0 Å². The minimum absolute atomic E-state index is 0.159. The van der Waals surface area contributed by atoms with E-state index in [4.69, 9.17) is 4.74 Å². The average molecular weight is 333 g/mol. The van der Waals surface area contributed by atoms with E-state index in [9.17, 15) is 8.42 Å². The SMILES string of the molecule is COc1ccc(C(C)C)cc1S(=O)(=O)Nc1cc(C)ccc1C. The fraction of sp³-hybridized carbons (Fsp3) is 0.333. The van der Waals surface area contributed by atoms with Gasteiger partial charge in [-0.1, -0.05) is 32.0 Å². The lowest BCUT2D eigenvalue weighted by Gasteiger charge is -2.15. The Labute approximate surface area is 138 Å². The summed E-state index contributed by atoms with van der Waals surface area (Å²) < 4.78 is 33.6. The van der Waals surface area contributed by atoms with Gasteiger partial charge in [-0.25, -0.2) is 8.42 Å². The van der Waals surface area contributed by atoms with Crippen LogP contribution in [0.5, 0.6) is 5.75 Å². The largest absolute Gasteiger partial charge is 0.495 e. The highest BCUT2D eigenvalue weighted by Crippen LogP contribution is 2.30. The molecule has 0 spiro atoms. The number of sulfonamides is 1. The number of nitrogens with one attached hydrogen (secondary N) is 1. The summed E-state index contributed by atoms with van der Waals surface area (Å²) in [6.45, 7) is 7.85. The summed E-state index contributed by atoms with van der Waals surface area (Å²) in [5.74, 6) is 0.572. The number of aryl methyl sites for hydroxylation is 2. The first-order valence-corrected chi connectivity index (χ1v) is 9.01. The summed E-state index contributed by atoms with van der Waals surface area (Å²) >= 11 is 0. The van der Waals surface area contributed by atoms with Crippen LogP contribution in [-0.2, 0) is 10.0 Å². The van der Waals surface area contributed by atoms with Crippen LogP contribution in [0.3, 0.4) is 0 Å². The third-order valence-electron chi connectivity index (χ3n) is 3.78. The van der Waals surface area contributed by atoms with Crippen molar-refractivity contribution in [2.75, 3.05) is 11.8 Å². The lowest BCUT2D eigenvalue weighted by molar-refractivity contribution is 0.402. The maximum atomic E-state index is 12.8. The molecule has 4 nitrogen and oxygen atoms in total. The molecule has 2 aromatic rings. The van der Waals surface area contributed by atoms with E-state index >= 15 is 0 Å². The van der Waals surface area contributed by atoms with Crippen LogP contribution in [0.1, 0.15) is 36.5 Å². The van der Waals surface area contributed by atoms with Gasteiger partial charge in [0.25, 0.3) is 10.0 Å². The van der Waals surface area contributed by atoms with Crippen molar-refractivity contribution in [3.05, 3.63) is 53.1 Å². The van der Waals surface area contributed by atoms with Crippen molar-refractivity contribution in [1.82, 2.24) is 0 Å². The predicted octanol–water partition coefficient (Wildman–Crippen LogP) is 4.24. The third-order valence-corrected chi connectivity index (χ3v) is 5.17. The van der Waals surface area contributed by atoms with E-state index in [1.165, 1.54) is 7.11 Å². The molecule has 0 aliphatic rings. The minimum Gasteiger partial charge on any atom is -0.495 e. The van der Waals surface area contributed by atoms with E-state index in [0.29, 0.717) is 11.4 Å². The predicted molar refractivity (Wildman–Crippen MR) is 93.8 cm³/mol. The molecule has 0 heterocycles. The second-order valence-electron chi connectivity index (χ2n) is 5.99. The second-order valence-corrected chi connectivity index (χ2v) is 7.64. The lowest BCUT2D eigenvalue weighted by atomic mass is 10.0. The van der Waals surface area contributed by atoms with Crippen LogP contribution in [0.15, 0.2) is 41.3 Å². The molecule has 23 heavy (non-hydrogen) atoms. The molecule has 0 saturated heterocycles. The Bertz CT molecular complexity index is 811. The van der Waals surface area contributed by atoms with Crippen molar-refractivity contribution in [1.29, 1.82) is 0 Å². The van der Waals surface area contributed by atoms with Crippen LogP contribution in [0.4, 0.5) is 5.69 Å². The van der Waals surface area contributed by atoms with E-state index in [2.05, 4.69) is 4.72 Å². The van der Waals surface area contributed by atoms with Crippen molar-refractivity contribution in [2.24, 2.45) is 0 Å². The normalized spacial score (nSPS) is 11.6. The highest BCUT2D eigenvalue weighted by molar-refractivity contribution is 7.92. The molecular formula is C18H23NO3S. The number of benzene rings is 2. The van der Waals surface area contributed by atoms with Crippen molar-refractivity contribution in [3.63, 3.8) is 0 Å². The molecule has 0 atom stereocenters. The zero-order chi connectivity index (χ0) is 17.2. The number of rotatable bonds is 5. The number of hydrogen-bond donors (Lipinski definition) is 1. The van der Waals surface area contributed by atoms with Crippen molar-refractivity contribution >= 4 is 15.7 Å². The smallest absolute Gasteiger partial charge is 0.265 e. The second kappa shape index (κ2) is 6.62. The molecule has 1 N–H and O–H groups in total. The van der Waals surface area contributed by atoms with Gasteiger partial charge in [0.15, 0.2) is 0 Å². The first-order chi connectivity index (χ1) is 10.7. The molecule has 5 heteroatoms. The Morgan fingerprint density at radius 1 is 1.04 bits per heavy atom. The summed E-state index contributed by atoms with van der Waals surface area (Å²) in [4.78, 5) is 0.159. The van der Waals surface area contributed by atoms with Gasteiger partial charge in [0.1, 0.15) is 10.6 Å². The van der Waals surface area contributed by atoms with Crippen LogP contribution >= 0.6 is 0 Å². The van der Waals surface area contributed by atoms with Gasteiger partial charge in [0.2, 0.25) is 0 Å². The molecular weight excluding hydrogens is 310 g/mol. The maximum Gasteiger partial charge on any atom is 0.265 e. The van der Waals surface area contributed by atoms with E-state index in [1.807, 2.05) is 52.0 Å². The fourth-order valence-electron chi connectivity index (χ4n) is 2.31. The standard InChI is InChI=1S/C18H23NO3S/c1-12(2)15-8-9-17(22-5)18(11-15)23(20,21)19-16-10-13(3)6-7-14(16)4/h6-12,19H,1-5H3. The summed E-state index contributed by atoms with van der Waals surface area (Å²) in [5, 5.41) is 0. The van der Waals surface area contributed by atoms with Crippen LogP contribution < -0.4 is 9.46 Å². The lowest BCUT2D eigenvalue weighted by Crippen LogP contribution is -2.15. The molecule has 0 fully saturated rings. The zero-order valence-electron chi connectivity index (χ0n) is 14.2. The first-order valence-electron chi connectivity index (χ1n) is 7.52. The van der Waals surface area contributed by atoms with Crippen molar-refractivity contribution < 1.29 is 13.2 Å². The zero-order valence-corrected chi connectivity index (χ0v) is 15.0. The molecule has 2 rings (SSSR count). The number of ether oxygens (including phenoxy) is 1. The maximum absolute atomic E-state index is 12.8. The Balaban J connectivity index is 2.50. The summed E-state index contributed by atoms with van der Waals surface area (Å²) in [6, 6.07) is 10.9. The van der Waals surface area contributed by atoms with Crippen LogP contribution in [0.2, 0.25) is 0 Å². The topological polar surface area (TPSA) is 55.4 Å². The van der Waals surface area contributed by atoms with Gasteiger partial charge in [-0.3, -0.25) is 4.72 Å². The first kappa shape index (κ1) is 17.3. The Kier molecular flexibility index (Phi) is 5.00. The molecule has 0 radical (unpaired) electrons. The van der Waals surface area contributed by atoms with E-state index in [0.717, 1.165) is 16.7 Å². The summed E-state index contributed by atoms with van der Waals surface area (Å²) in [7, 11) is -2.25. The molecule has 0 bridgehead atoms. The monoisotopic (exact) mass is 333 g/mol. The molecule has 0 amide bonds. The molecule has 0 aliphatic heterocycles. The Hall–Kier alpha value is -2.01. The van der Waals surface area contributed by atoms with Gasteiger partial charge in [0.05, 0.1) is 12.8 Å². The van der Waals surface area contributed by atoms with Gasteiger partial charge in [-0.2, -0.15) is 0 Å². The quantitative estimate of drug-likeness (QED) is 0.890.